The molecule has 0 saturated carbocycles. The molecule has 1 N–H and O–H groups in total. The van der Waals surface area contributed by atoms with Crippen LogP contribution in [0.25, 0.3) is 0 Å². The summed E-state index contributed by atoms with van der Waals surface area (Å²) in [7, 11) is 0. The average Bonchev–Trinajstić information content (AvgIpc) is 3.02. The number of anilines is 1. The maximum atomic E-state index is 13.1. The van der Waals surface area contributed by atoms with Crippen LogP contribution in [0.4, 0.5) is 10.1 Å². The number of hydrogen-bond donors (Lipinski definition) is 1. The van der Waals surface area contributed by atoms with Gasteiger partial charge in [-0.25, -0.2) is 4.39 Å². The molecule has 1 aliphatic rings. The summed E-state index contributed by atoms with van der Waals surface area (Å²) >= 11 is 6.92. The first-order chi connectivity index (χ1) is 11.9. The zero-order chi connectivity index (χ0) is 18.0. The molecule has 2 aromatic carbocycles. The van der Waals surface area contributed by atoms with E-state index < -0.39 is 5.82 Å². The molecule has 1 amide bonds. The van der Waals surface area contributed by atoms with Crippen molar-refractivity contribution in [1.82, 2.24) is 0 Å². The van der Waals surface area contributed by atoms with Crippen molar-refractivity contribution < 1.29 is 23.5 Å². The number of carbonyl (C=O) groups excluding carboxylic acids is 2. The summed E-state index contributed by atoms with van der Waals surface area (Å²) in [5.41, 5.74) is 0.701. The third kappa shape index (κ3) is 4.05. The Bertz CT molecular complexity index is 859. The van der Waals surface area contributed by atoms with Gasteiger partial charge in [-0.2, -0.15) is 0 Å². The molecule has 0 aromatic heterocycles. The lowest BCUT2D eigenvalue weighted by Gasteiger charge is -2.10. The van der Waals surface area contributed by atoms with Gasteiger partial charge in [0.25, 0.3) is 0 Å². The van der Waals surface area contributed by atoms with Crippen LogP contribution in [0.3, 0.4) is 0 Å². The SMILES string of the molecule is CC(=O)c1cc2c(cc1NC(=O)CSc1ccc(F)c(Cl)c1)OCO2. The molecule has 2 aromatic rings. The number of amides is 1. The topological polar surface area (TPSA) is 64.6 Å². The Morgan fingerprint density at radius 2 is 1.96 bits per heavy atom. The number of benzene rings is 2. The van der Waals surface area contributed by atoms with Gasteiger partial charge in [0.05, 0.1) is 16.5 Å². The molecule has 3 rings (SSSR count). The number of ether oxygens (including phenoxy) is 2. The van der Waals surface area contributed by atoms with Crippen molar-refractivity contribution in [2.24, 2.45) is 0 Å². The summed E-state index contributed by atoms with van der Waals surface area (Å²) < 4.78 is 23.6. The smallest absolute Gasteiger partial charge is 0.234 e. The van der Waals surface area contributed by atoms with Gasteiger partial charge in [-0.05, 0) is 31.2 Å². The van der Waals surface area contributed by atoms with Crippen LogP contribution in [0.2, 0.25) is 5.02 Å². The molecule has 0 aliphatic carbocycles. The third-order valence-corrected chi connectivity index (χ3v) is 4.71. The second kappa shape index (κ2) is 7.33. The van der Waals surface area contributed by atoms with E-state index in [1.165, 1.54) is 30.8 Å². The highest BCUT2D eigenvalue weighted by molar-refractivity contribution is 8.00. The van der Waals surface area contributed by atoms with Crippen molar-refractivity contribution in [3.8, 4) is 11.5 Å². The number of hydrogen-bond acceptors (Lipinski definition) is 5. The predicted octanol–water partition coefficient (Wildman–Crippen LogP) is 4.14. The van der Waals surface area contributed by atoms with E-state index in [9.17, 15) is 14.0 Å². The Kier molecular flexibility index (Phi) is 5.15. The van der Waals surface area contributed by atoms with Crippen molar-refractivity contribution in [3.05, 3.63) is 46.7 Å². The second-order valence-electron chi connectivity index (χ2n) is 5.22. The highest BCUT2D eigenvalue weighted by atomic mass is 35.5. The normalized spacial score (nSPS) is 12.1. The second-order valence-corrected chi connectivity index (χ2v) is 6.68. The first kappa shape index (κ1) is 17.6. The minimum atomic E-state index is -0.512. The van der Waals surface area contributed by atoms with Gasteiger partial charge in [0.15, 0.2) is 17.3 Å². The van der Waals surface area contributed by atoms with Gasteiger partial charge in [0, 0.05) is 16.5 Å². The lowest BCUT2D eigenvalue weighted by Crippen LogP contribution is -2.16. The number of Topliss-reactive ketones (excluding diaryl/α,β-unsaturated/α-hetero) is 1. The van der Waals surface area contributed by atoms with E-state index >= 15 is 0 Å². The molecule has 0 unspecified atom stereocenters. The Hall–Kier alpha value is -2.25. The molecule has 0 saturated heterocycles. The van der Waals surface area contributed by atoms with E-state index in [1.807, 2.05) is 0 Å². The number of nitrogens with one attached hydrogen (secondary N) is 1. The molecule has 25 heavy (non-hydrogen) atoms. The lowest BCUT2D eigenvalue weighted by molar-refractivity contribution is -0.113. The van der Waals surface area contributed by atoms with Crippen LogP contribution in [0, 0.1) is 5.82 Å². The van der Waals surface area contributed by atoms with Gasteiger partial charge in [0.2, 0.25) is 12.7 Å². The highest BCUT2D eigenvalue weighted by Crippen LogP contribution is 2.37. The largest absolute Gasteiger partial charge is 0.454 e. The molecule has 130 valence electrons. The number of fused-ring (bicyclic) bond motifs is 1. The van der Waals surface area contributed by atoms with Crippen LogP contribution >= 0.6 is 23.4 Å². The summed E-state index contributed by atoms with van der Waals surface area (Å²) in [5, 5.41) is 2.69. The molecule has 0 fully saturated rings. The van der Waals surface area contributed by atoms with Crippen molar-refractivity contribution in [2.75, 3.05) is 17.9 Å². The summed E-state index contributed by atoms with van der Waals surface area (Å²) in [5.74, 6) is -0.00888. The fourth-order valence-corrected chi connectivity index (χ4v) is 3.22. The monoisotopic (exact) mass is 381 g/mol. The molecule has 1 aliphatic heterocycles. The lowest BCUT2D eigenvalue weighted by atomic mass is 10.1. The number of thioether (sulfide) groups is 1. The van der Waals surface area contributed by atoms with Gasteiger partial charge >= 0.3 is 0 Å². The summed E-state index contributed by atoms with van der Waals surface area (Å²) in [4.78, 5) is 24.6. The molecule has 0 radical (unpaired) electrons. The zero-order valence-corrected chi connectivity index (χ0v) is 14.7. The van der Waals surface area contributed by atoms with Crippen molar-refractivity contribution in [2.45, 2.75) is 11.8 Å². The molecule has 0 bridgehead atoms. The Labute approximate surface area is 152 Å². The molecule has 1 heterocycles. The van der Waals surface area contributed by atoms with E-state index in [1.54, 1.807) is 18.2 Å². The minimum Gasteiger partial charge on any atom is -0.454 e. The highest BCUT2D eigenvalue weighted by Gasteiger charge is 2.20. The van der Waals surface area contributed by atoms with E-state index in [0.717, 1.165) is 0 Å². The Morgan fingerprint density at radius 3 is 2.64 bits per heavy atom. The van der Waals surface area contributed by atoms with E-state index in [2.05, 4.69) is 5.32 Å². The first-order valence-electron chi connectivity index (χ1n) is 7.26. The van der Waals surface area contributed by atoms with Crippen LogP contribution in [0.15, 0.2) is 35.2 Å². The first-order valence-corrected chi connectivity index (χ1v) is 8.62. The number of ketones is 1. The molecular weight excluding hydrogens is 369 g/mol. The van der Waals surface area contributed by atoms with Gasteiger partial charge in [-0.3, -0.25) is 9.59 Å². The Balaban J connectivity index is 1.70. The van der Waals surface area contributed by atoms with Crippen LogP contribution < -0.4 is 14.8 Å². The number of carbonyl (C=O) groups is 2. The standard InChI is InChI=1S/C17H13ClFNO4S/c1-9(21)11-5-15-16(24-8-23-15)6-14(11)20-17(22)7-25-10-2-3-13(19)12(18)4-10/h2-6H,7-8H2,1H3,(H,20,22). The molecular formula is C17H13ClFNO4S. The van der Waals surface area contributed by atoms with Crippen LogP contribution in [-0.2, 0) is 4.79 Å². The van der Waals surface area contributed by atoms with Crippen molar-refractivity contribution in [1.29, 1.82) is 0 Å². The zero-order valence-electron chi connectivity index (χ0n) is 13.1. The maximum Gasteiger partial charge on any atom is 0.234 e. The molecule has 8 heteroatoms. The fourth-order valence-electron chi connectivity index (χ4n) is 2.24. The summed E-state index contributed by atoms with van der Waals surface area (Å²) in [6.45, 7) is 1.48. The van der Waals surface area contributed by atoms with Crippen LogP contribution in [0.5, 0.6) is 11.5 Å². The van der Waals surface area contributed by atoms with Gasteiger partial charge in [-0.1, -0.05) is 11.6 Å². The molecule has 0 spiro atoms. The fraction of sp³-hybridized carbons (Fsp3) is 0.176. The van der Waals surface area contributed by atoms with E-state index in [4.69, 9.17) is 21.1 Å². The van der Waals surface area contributed by atoms with Gasteiger partial charge in [0.1, 0.15) is 5.82 Å². The van der Waals surface area contributed by atoms with Crippen molar-refractivity contribution in [3.63, 3.8) is 0 Å². The van der Waals surface area contributed by atoms with E-state index in [-0.39, 0.29) is 29.3 Å². The van der Waals surface area contributed by atoms with E-state index in [0.29, 0.717) is 27.6 Å². The number of rotatable bonds is 5. The number of halogens is 2. The molecule has 0 atom stereocenters. The minimum absolute atomic E-state index is 0.0000417. The third-order valence-electron chi connectivity index (χ3n) is 3.43. The Morgan fingerprint density at radius 1 is 1.24 bits per heavy atom. The predicted molar refractivity (Wildman–Crippen MR) is 93.3 cm³/mol. The average molecular weight is 382 g/mol. The van der Waals surface area contributed by atoms with Crippen LogP contribution in [0.1, 0.15) is 17.3 Å². The van der Waals surface area contributed by atoms with Gasteiger partial charge < -0.3 is 14.8 Å². The maximum absolute atomic E-state index is 13.1. The summed E-state index contributed by atoms with van der Waals surface area (Å²) in [6, 6.07) is 7.36. The van der Waals surface area contributed by atoms with Gasteiger partial charge in [-0.15, -0.1) is 11.8 Å². The molecule has 5 nitrogen and oxygen atoms in total. The van der Waals surface area contributed by atoms with Crippen LogP contribution in [-0.4, -0.2) is 24.2 Å². The summed E-state index contributed by atoms with van der Waals surface area (Å²) in [6.07, 6.45) is 0. The van der Waals surface area contributed by atoms with Crippen molar-refractivity contribution >= 4 is 40.7 Å². The quantitative estimate of drug-likeness (QED) is 0.623.